The van der Waals surface area contributed by atoms with E-state index < -0.39 is 0 Å². The number of nitrogens with two attached hydrogens (primary N) is 1. The summed E-state index contributed by atoms with van der Waals surface area (Å²) >= 11 is 0. The molecule has 0 spiro atoms. The lowest BCUT2D eigenvalue weighted by molar-refractivity contribution is 0.0953. The second-order valence-corrected chi connectivity index (χ2v) is 9.68. The molecule has 1 amide bonds. The number of carbonyl (C=O) groups is 1. The number of fused-ring (bicyclic) bond motifs is 1. The Bertz CT molecular complexity index is 1790. The number of aromatic nitrogens is 7. The van der Waals surface area contributed by atoms with Gasteiger partial charge in [0.2, 0.25) is 5.82 Å². The van der Waals surface area contributed by atoms with Crippen molar-refractivity contribution < 1.29 is 9.90 Å². The van der Waals surface area contributed by atoms with E-state index >= 15 is 0 Å². The van der Waals surface area contributed by atoms with Crippen molar-refractivity contribution in [3.63, 3.8) is 0 Å². The average Bonchev–Trinajstić information content (AvgIpc) is 3.45. The van der Waals surface area contributed by atoms with E-state index in [1.807, 2.05) is 18.2 Å². The molecule has 1 unspecified atom stereocenters. The van der Waals surface area contributed by atoms with Crippen LogP contribution < -0.4 is 20.9 Å². The van der Waals surface area contributed by atoms with E-state index in [2.05, 4.69) is 64.1 Å². The summed E-state index contributed by atoms with van der Waals surface area (Å²) in [5.41, 5.74) is 9.01. The minimum Gasteiger partial charge on any atom is -0.507 e. The summed E-state index contributed by atoms with van der Waals surface area (Å²) in [6.07, 6.45) is 5.04. The number of amides is 1. The van der Waals surface area contributed by atoms with Gasteiger partial charge in [-0.25, -0.2) is 19.5 Å². The van der Waals surface area contributed by atoms with Crippen LogP contribution in [0.4, 0.5) is 17.3 Å². The molecule has 210 valence electrons. The topological polar surface area (TPSA) is 164 Å². The predicted molar refractivity (Wildman–Crippen MR) is 157 cm³/mol. The number of benzene rings is 1. The Morgan fingerprint density at radius 2 is 2.00 bits per heavy atom. The van der Waals surface area contributed by atoms with Gasteiger partial charge in [0, 0.05) is 55.9 Å². The van der Waals surface area contributed by atoms with Crippen LogP contribution in [-0.2, 0) is 0 Å². The van der Waals surface area contributed by atoms with Crippen LogP contribution in [0.15, 0.2) is 67.1 Å². The van der Waals surface area contributed by atoms with Crippen LogP contribution in [0.5, 0.6) is 5.75 Å². The van der Waals surface area contributed by atoms with Crippen molar-refractivity contribution in [1.82, 2.24) is 40.1 Å². The highest BCUT2D eigenvalue weighted by Crippen LogP contribution is 2.33. The largest absolute Gasteiger partial charge is 0.507 e. The number of piperazine rings is 1. The Labute approximate surface area is 241 Å². The molecule has 0 radical (unpaired) electrons. The van der Waals surface area contributed by atoms with Gasteiger partial charge in [0.1, 0.15) is 11.6 Å². The number of hydrogen-bond acceptors (Lipinski definition) is 11. The van der Waals surface area contributed by atoms with Gasteiger partial charge in [-0.05, 0) is 43.2 Å². The molecule has 13 nitrogen and oxygen atoms in total. The van der Waals surface area contributed by atoms with E-state index in [4.69, 9.17) is 5.73 Å². The Kier molecular flexibility index (Phi) is 7.17. The molecule has 0 aliphatic carbocycles. The summed E-state index contributed by atoms with van der Waals surface area (Å²) in [6, 6.07) is 14.2. The minimum absolute atomic E-state index is 0.0805. The molecule has 42 heavy (non-hydrogen) atoms. The number of nitrogen functional groups attached to an aromatic ring is 1. The number of carbonyl (C=O) groups excluding carboxylic acids is 1. The van der Waals surface area contributed by atoms with Gasteiger partial charge in [-0.15, -0.1) is 10.2 Å². The Morgan fingerprint density at radius 3 is 2.83 bits per heavy atom. The van der Waals surface area contributed by atoms with Gasteiger partial charge < -0.3 is 26.0 Å². The monoisotopic (exact) mass is 561 g/mol. The highest BCUT2D eigenvalue weighted by atomic mass is 16.3. The van der Waals surface area contributed by atoms with Gasteiger partial charge in [-0.3, -0.25) is 4.79 Å². The van der Waals surface area contributed by atoms with Crippen LogP contribution in [-0.4, -0.2) is 78.0 Å². The maximum absolute atomic E-state index is 12.4. The van der Waals surface area contributed by atoms with Gasteiger partial charge in [0.15, 0.2) is 17.2 Å². The van der Waals surface area contributed by atoms with Gasteiger partial charge in [0.05, 0.1) is 17.9 Å². The van der Waals surface area contributed by atoms with Gasteiger partial charge in [-0.1, -0.05) is 18.1 Å². The van der Waals surface area contributed by atoms with E-state index in [1.165, 1.54) is 4.52 Å². The van der Waals surface area contributed by atoms with E-state index in [-0.39, 0.29) is 29.9 Å². The molecule has 5 aromatic rings. The quantitative estimate of drug-likeness (QED) is 0.268. The van der Waals surface area contributed by atoms with Crippen molar-refractivity contribution >= 4 is 28.9 Å². The van der Waals surface area contributed by atoms with Crippen molar-refractivity contribution in [3.05, 3.63) is 78.6 Å². The zero-order valence-electron chi connectivity index (χ0n) is 22.7. The van der Waals surface area contributed by atoms with Gasteiger partial charge in [-0.2, -0.15) is 5.10 Å². The standard InChI is InChI=1S/C29H27N11O2/c1-19-18-38(14-15-39(19)23-16-21(35-36-28(23)30)20-6-2-3-7-24(20)41)26-9-12-31-25(34-26)8-4-10-33-29(42)22-17-27-32-11-5-13-40(27)37-22/h2-3,5-7,9,11-13,16-17,19,41H,10,14-15,18H2,1H3,(H2,30,36)(H,33,42). The van der Waals surface area contributed by atoms with Crippen LogP contribution in [0.3, 0.4) is 0 Å². The fraction of sp³-hybridized carbons (Fsp3) is 0.207. The summed E-state index contributed by atoms with van der Waals surface area (Å²) in [4.78, 5) is 29.8. The molecule has 1 aliphatic heterocycles. The molecule has 0 bridgehead atoms. The first-order chi connectivity index (χ1) is 20.5. The van der Waals surface area contributed by atoms with Gasteiger partial charge in [0.25, 0.3) is 5.91 Å². The molecule has 13 heteroatoms. The maximum atomic E-state index is 12.4. The number of hydrogen-bond donors (Lipinski definition) is 3. The first kappa shape index (κ1) is 26.5. The second kappa shape index (κ2) is 11.4. The molecule has 1 atom stereocenters. The molecule has 4 N–H and O–H groups in total. The molecular weight excluding hydrogens is 534 g/mol. The summed E-state index contributed by atoms with van der Waals surface area (Å²) in [6.45, 7) is 4.27. The van der Waals surface area contributed by atoms with Gasteiger partial charge >= 0.3 is 0 Å². The van der Waals surface area contributed by atoms with Crippen molar-refractivity contribution in [3.8, 4) is 28.8 Å². The maximum Gasteiger partial charge on any atom is 0.272 e. The lowest BCUT2D eigenvalue weighted by Crippen LogP contribution is -2.52. The number of rotatable bonds is 5. The number of phenols is 1. The second-order valence-electron chi connectivity index (χ2n) is 9.68. The molecule has 4 aromatic heterocycles. The summed E-state index contributed by atoms with van der Waals surface area (Å²) < 4.78 is 1.54. The number of para-hydroxylation sites is 1. The minimum atomic E-state index is -0.339. The number of nitrogens with one attached hydrogen (secondary N) is 1. The zero-order valence-corrected chi connectivity index (χ0v) is 22.7. The lowest BCUT2D eigenvalue weighted by Gasteiger charge is -2.41. The molecule has 1 saturated heterocycles. The Morgan fingerprint density at radius 1 is 1.12 bits per heavy atom. The summed E-state index contributed by atoms with van der Waals surface area (Å²) in [7, 11) is 0. The lowest BCUT2D eigenvalue weighted by atomic mass is 10.1. The van der Waals surface area contributed by atoms with Crippen molar-refractivity contribution in [2.45, 2.75) is 13.0 Å². The predicted octanol–water partition coefficient (Wildman–Crippen LogP) is 1.76. The van der Waals surface area contributed by atoms with E-state index in [0.717, 1.165) is 11.5 Å². The molecular formula is C29H27N11O2. The number of aromatic hydroxyl groups is 1. The Balaban J connectivity index is 1.09. The highest BCUT2D eigenvalue weighted by Gasteiger charge is 2.27. The molecule has 1 aliphatic rings. The molecule has 1 fully saturated rings. The normalized spacial score (nSPS) is 14.8. The molecule has 0 saturated carbocycles. The van der Waals surface area contributed by atoms with E-state index in [9.17, 15) is 9.90 Å². The van der Waals surface area contributed by atoms with Crippen LogP contribution in [0.25, 0.3) is 16.9 Å². The third-order valence-corrected chi connectivity index (χ3v) is 6.89. The smallest absolute Gasteiger partial charge is 0.272 e. The van der Waals surface area contributed by atoms with Crippen molar-refractivity contribution in [2.24, 2.45) is 0 Å². The fourth-order valence-corrected chi connectivity index (χ4v) is 4.83. The average molecular weight is 562 g/mol. The molecule has 1 aromatic carbocycles. The van der Waals surface area contributed by atoms with Crippen LogP contribution in [0.1, 0.15) is 23.2 Å². The van der Waals surface area contributed by atoms with E-state index in [0.29, 0.717) is 48.2 Å². The SMILES string of the molecule is CC1CN(c2ccnc(C#CCNC(=O)c3cc4ncccn4n3)n2)CCN1c1cc(-c2ccccc2O)nnc1N. The third kappa shape index (κ3) is 5.46. The molecule has 6 rings (SSSR count). The van der Waals surface area contributed by atoms with Crippen LogP contribution in [0.2, 0.25) is 0 Å². The van der Waals surface area contributed by atoms with Crippen LogP contribution in [0, 0.1) is 11.8 Å². The molecule has 5 heterocycles. The summed E-state index contributed by atoms with van der Waals surface area (Å²) in [5.74, 6) is 7.08. The first-order valence-electron chi connectivity index (χ1n) is 13.3. The van der Waals surface area contributed by atoms with Crippen molar-refractivity contribution in [1.29, 1.82) is 0 Å². The van der Waals surface area contributed by atoms with Crippen molar-refractivity contribution in [2.75, 3.05) is 41.7 Å². The number of anilines is 3. The fourth-order valence-electron chi connectivity index (χ4n) is 4.83. The number of nitrogens with zero attached hydrogens (tertiary/aromatic N) is 9. The summed E-state index contributed by atoms with van der Waals surface area (Å²) in [5, 5.41) is 25.6. The highest BCUT2D eigenvalue weighted by molar-refractivity contribution is 5.93. The zero-order chi connectivity index (χ0) is 29.1. The Hall–Kier alpha value is -5.77. The van der Waals surface area contributed by atoms with E-state index in [1.54, 1.807) is 48.9 Å². The number of phenolic OH excluding ortho intramolecular Hbond substituents is 1. The first-order valence-corrected chi connectivity index (χ1v) is 13.3. The van der Waals surface area contributed by atoms with Crippen LogP contribution >= 0.6 is 0 Å². The third-order valence-electron chi connectivity index (χ3n) is 6.89.